The fourth-order valence-electron chi connectivity index (χ4n) is 3.34. The van der Waals surface area contributed by atoms with Crippen molar-refractivity contribution >= 4 is 5.91 Å². The Balaban J connectivity index is 1.85. The summed E-state index contributed by atoms with van der Waals surface area (Å²) in [6, 6.07) is 0.111. The van der Waals surface area contributed by atoms with Crippen LogP contribution in [-0.4, -0.2) is 37.0 Å². The summed E-state index contributed by atoms with van der Waals surface area (Å²) in [6.45, 7) is 2.39. The zero-order chi connectivity index (χ0) is 15.9. The van der Waals surface area contributed by atoms with E-state index in [4.69, 9.17) is 0 Å². The topological polar surface area (TPSA) is 32.3 Å². The van der Waals surface area contributed by atoms with Crippen molar-refractivity contribution in [1.82, 2.24) is 10.2 Å². The Labute approximate surface area is 125 Å². The second kappa shape index (κ2) is 5.87. The summed E-state index contributed by atoms with van der Waals surface area (Å²) < 4.78 is 54.0. The van der Waals surface area contributed by atoms with E-state index in [1.807, 2.05) is 0 Å². The lowest BCUT2D eigenvalue weighted by Gasteiger charge is -2.21. The molecule has 2 atom stereocenters. The second-order valence-electron chi connectivity index (χ2n) is 5.89. The van der Waals surface area contributed by atoms with Crippen LogP contribution in [-0.2, 0) is 0 Å². The van der Waals surface area contributed by atoms with Gasteiger partial charge in [0, 0.05) is 19.2 Å². The maximum absolute atomic E-state index is 13.7. The molecule has 1 N–H and O–H groups in total. The average Bonchev–Trinajstić information content (AvgIpc) is 2.84. The molecule has 0 bridgehead atoms. The molecule has 3 nitrogen and oxygen atoms in total. The van der Waals surface area contributed by atoms with Gasteiger partial charge in [-0.1, -0.05) is 0 Å². The van der Waals surface area contributed by atoms with Gasteiger partial charge in [-0.2, -0.15) is 0 Å². The highest BCUT2D eigenvalue weighted by Gasteiger charge is 2.34. The summed E-state index contributed by atoms with van der Waals surface area (Å²) >= 11 is 0. The van der Waals surface area contributed by atoms with Gasteiger partial charge < -0.3 is 10.2 Å². The van der Waals surface area contributed by atoms with Gasteiger partial charge in [0.25, 0.3) is 5.91 Å². The molecule has 0 aromatic heterocycles. The van der Waals surface area contributed by atoms with E-state index >= 15 is 0 Å². The van der Waals surface area contributed by atoms with E-state index in [2.05, 4.69) is 5.32 Å². The fraction of sp³-hybridized carbons (Fsp3) is 0.533. The number of fused-ring (bicyclic) bond motifs is 1. The molecule has 0 unspecified atom stereocenters. The van der Waals surface area contributed by atoms with Crippen LogP contribution in [0.15, 0.2) is 6.07 Å². The van der Waals surface area contributed by atoms with E-state index in [0.717, 1.165) is 13.1 Å². The minimum absolute atomic E-state index is 0.111. The Bertz CT molecular complexity index is 567. The fourth-order valence-corrected chi connectivity index (χ4v) is 3.34. The molecule has 2 saturated heterocycles. The molecule has 7 heteroatoms. The molecule has 2 heterocycles. The van der Waals surface area contributed by atoms with E-state index in [1.54, 1.807) is 0 Å². The largest absolute Gasteiger partial charge is 0.338 e. The van der Waals surface area contributed by atoms with Crippen molar-refractivity contribution in [3.05, 3.63) is 34.9 Å². The molecule has 2 aliphatic rings. The molecule has 2 fully saturated rings. The van der Waals surface area contributed by atoms with Crippen molar-refractivity contribution in [2.75, 3.05) is 26.2 Å². The summed E-state index contributed by atoms with van der Waals surface area (Å²) in [5.74, 6) is -6.50. The standard InChI is InChI=1S/C15H16F4N2O/c16-10-5-11(17)14(19)12(13(10)18)15(22)21-3-1-8-6-20-7-9(8)2-4-21/h5,8-9,20H,1-4,6-7H2/t8-,9+. The lowest BCUT2D eigenvalue weighted by Crippen LogP contribution is -2.34. The number of halogens is 4. The average molecular weight is 316 g/mol. The first-order valence-corrected chi connectivity index (χ1v) is 7.32. The molecule has 22 heavy (non-hydrogen) atoms. The van der Waals surface area contributed by atoms with Crippen LogP contribution in [0.1, 0.15) is 23.2 Å². The highest BCUT2D eigenvalue weighted by molar-refractivity contribution is 5.94. The number of amides is 1. The quantitative estimate of drug-likeness (QED) is 0.637. The number of carbonyl (C=O) groups is 1. The van der Waals surface area contributed by atoms with Gasteiger partial charge in [0.15, 0.2) is 23.3 Å². The lowest BCUT2D eigenvalue weighted by atomic mass is 9.92. The summed E-state index contributed by atoms with van der Waals surface area (Å²) in [5.41, 5.74) is -1.14. The lowest BCUT2D eigenvalue weighted by molar-refractivity contribution is 0.0746. The molecule has 0 saturated carbocycles. The van der Waals surface area contributed by atoms with E-state index < -0.39 is 34.7 Å². The van der Waals surface area contributed by atoms with Gasteiger partial charge in [-0.05, 0) is 37.8 Å². The van der Waals surface area contributed by atoms with E-state index in [9.17, 15) is 22.4 Å². The monoisotopic (exact) mass is 316 g/mol. The third-order valence-electron chi connectivity index (χ3n) is 4.63. The molecule has 3 rings (SSSR count). The van der Waals surface area contributed by atoms with E-state index in [-0.39, 0.29) is 6.07 Å². The van der Waals surface area contributed by atoms with Crippen molar-refractivity contribution < 1.29 is 22.4 Å². The Morgan fingerprint density at radius 1 is 1.00 bits per heavy atom. The Kier molecular flexibility index (Phi) is 4.08. The first-order valence-electron chi connectivity index (χ1n) is 7.32. The zero-order valence-corrected chi connectivity index (χ0v) is 11.8. The number of nitrogens with one attached hydrogen (secondary N) is 1. The minimum Gasteiger partial charge on any atom is -0.338 e. The molecule has 0 radical (unpaired) electrons. The molecule has 1 amide bonds. The van der Waals surface area contributed by atoms with Crippen molar-refractivity contribution in [3.63, 3.8) is 0 Å². The Morgan fingerprint density at radius 3 is 2.00 bits per heavy atom. The van der Waals surface area contributed by atoms with Gasteiger partial charge in [-0.25, -0.2) is 17.6 Å². The molecule has 1 aromatic carbocycles. The first-order chi connectivity index (χ1) is 10.5. The van der Waals surface area contributed by atoms with Gasteiger partial charge in [0.1, 0.15) is 5.56 Å². The third-order valence-corrected chi connectivity index (χ3v) is 4.63. The number of hydrogen-bond acceptors (Lipinski definition) is 2. The highest BCUT2D eigenvalue weighted by Crippen LogP contribution is 2.29. The molecule has 120 valence electrons. The number of benzene rings is 1. The van der Waals surface area contributed by atoms with Gasteiger partial charge >= 0.3 is 0 Å². The number of rotatable bonds is 1. The molecule has 1 aromatic rings. The van der Waals surface area contributed by atoms with Crippen molar-refractivity contribution in [2.24, 2.45) is 11.8 Å². The molecular formula is C15H16F4N2O. The summed E-state index contributed by atoms with van der Waals surface area (Å²) in [7, 11) is 0. The van der Waals surface area contributed by atoms with Crippen LogP contribution in [0.3, 0.4) is 0 Å². The number of carbonyl (C=O) groups excluding carboxylic acids is 1. The Hall–Kier alpha value is -1.63. The predicted octanol–water partition coefficient (Wildman–Crippen LogP) is 2.31. The van der Waals surface area contributed by atoms with Crippen molar-refractivity contribution in [2.45, 2.75) is 12.8 Å². The third kappa shape index (κ3) is 2.58. The van der Waals surface area contributed by atoms with Crippen molar-refractivity contribution in [3.8, 4) is 0 Å². The maximum atomic E-state index is 13.7. The SMILES string of the molecule is O=C(c1c(F)c(F)cc(F)c1F)N1CC[C@@H]2CNC[C@@H]2CC1. The van der Waals surface area contributed by atoms with Gasteiger partial charge in [0.2, 0.25) is 0 Å². The normalized spacial score (nSPS) is 25.0. The molecular weight excluding hydrogens is 300 g/mol. The minimum atomic E-state index is -1.63. The number of hydrogen-bond donors (Lipinski definition) is 1. The number of likely N-dealkylation sites (tertiary alicyclic amines) is 1. The van der Waals surface area contributed by atoms with E-state index in [0.29, 0.717) is 37.8 Å². The van der Waals surface area contributed by atoms with Gasteiger partial charge in [0.05, 0.1) is 0 Å². The molecule has 0 aliphatic carbocycles. The van der Waals surface area contributed by atoms with Crippen molar-refractivity contribution in [1.29, 1.82) is 0 Å². The smallest absolute Gasteiger partial charge is 0.260 e. The summed E-state index contributed by atoms with van der Waals surface area (Å²) in [4.78, 5) is 13.6. The van der Waals surface area contributed by atoms with Crippen LogP contribution in [0, 0.1) is 35.1 Å². The number of nitrogens with zero attached hydrogens (tertiary/aromatic N) is 1. The van der Waals surface area contributed by atoms with Crippen LogP contribution in [0.5, 0.6) is 0 Å². The highest BCUT2D eigenvalue weighted by atomic mass is 19.2. The van der Waals surface area contributed by atoms with Crippen LogP contribution in [0.2, 0.25) is 0 Å². The molecule has 2 aliphatic heterocycles. The van der Waals surface area contributed by atoms with Crippen LogP contribution >= 0.6 is 0 Å². The van der Waals surface area contributed by atoms with Crippen LogP contribution in [0.25, 0.3) is 0 Å². The van der Waals surface area contributed by atoms with Crippen LogP contribution < -0.4 is 5.32 Å². The first kappa shape index (κ1) is 15.3. The van der Waals surface area contributed by atoms with Gasteiger partial charge in [-0.3, -0.25) is 4.79 Å². The summed E-state index contributed by atoms with van der Waals surface area (Å²) in [6.07, 6.45) is 1.43. The zero-order valence-electron chi connectivity index (χ0n) is 11.8. The maximum Gasteiger partial charge on any atom is 0.260 e. The van der Waals surface area contributed by atoms with Gasteiger partial charge in [-0.15, -0.1) is 0 Å². The van der Waals surface area contributed by atoms with Crippen LogP contribution in [0.4, 0.5) is 17.6 Å². The summed E-state index contributed by atoms with van der Waals surface area (Å²) in [5, 5.41) is 3.28. The predicted molar refractivity (Wildman–Crippen MR) is 71.3 cm³/mol. The second-order valence-corrected chi connectivity index (χ2v) is 5.89. The van der Waals surface area contributed by atoms with E-state index in [1.165, 1.54) is 4.90 Å². The molecule has 0 spiro atoms. The Morgan fingerprint density at radius 2 is 1.50 bits per heavy atom.